The molecule has 1 aliphatic carbocycles. The van der Waals surface area contributed by atoms with Crippen LogP contribution in [0.3, 0.4) is 0 Å². The molecule has 4 N–H and O–H groups in total. The van der Waals surface area contributed by atoms with Crippen molar-refractivity contribution in [1.29, 1.82) is 0 Å². The minimum atomic E-state index is 0.178. The highest BCUT2D eigenvalue weighted by molar-refractivity contribution is 6.29. The summed E-state index contributed by atoms with van der Waals surface area (Å²) in [5, 5.41) is 12.7. The summed E-state index contributed by atoms with van der Waals surface area (Å²) in [6.45, 7) is 0.232. The number of aliphatic hydroxyl groups is 1. The molecule has 5 nitrogen and oxygen atoms in total. The van der Waals surface area contributed by atoms with Crippen LogP contribution in [0.1, 0.15) is 25.7 Å². The quantitative estimate of drug-likeness (QED) is 0.714. The van der Waals surface area contributed by atoms with E-state index in [1.807, 2.05) is 0 Å². The van der Waals surface area contributed by atoms with Crippen LogP contribution in [0.4, 0.5) is 11.8 Å². The largest absolute Gasteiger partial charge is 0.396 e. The molecule has 1 fully saturated rings. The zero-order valence-electron chi connectivity index (χ0n) is 9.56. The fourth-order valence-electron chi connectivity index (χ4n) is 2.44. The highest BCUT2D eigenvalue weighted by atomic mass is 35.5. The molecule has 0 aromatic carbocycles. The standard InChI is InChI=1S/C11H17ClN4O/c12-9-6-10(16-11(13)15-9)14-8-3-1-2-7(8)4-5-17/h6-8,17H,1-5H2,(H3,13,14,15,16). The Kier molecular flexibility index (Phi) is 4.02. The van der Waals surface area contributed by atoms with E-state index in [-0.39, 0.29) is 12.6 Å². The number of rotatable bonds is 4. The molecular weight excluding hydrogens is 240 g/mol. The highest BCUT2D eigenvalue weighted by Gasteiger charge is 2.26. The summed E-state index contributed by atoms with van der Waals surface area (Å²) >= 11 is 5.82. The van der Waals surface area contributed by atoms with E-state index in [0.717, 1.165) is 19.3 Å². The van der Waals surface area contributed by atoms with Crippen LogP contribution in [-0.4, -0.2) is 27.7 Å². The van der Waals surface area contributed by atoms with Crippen LogP contribution in [0.5, 0.6) is 0 Å². The van der Waals surface area contributed by atoms with Gasteiger partial charge >= 0.3 is 0 Å². The predicted molar refractivity (Wildman–Crippen MR) is 67.9 cm³/mol. The average molecular weight is 257 g/mol. The van der Waals surface area contributed by atoms with Gasteiger partial charge in [-0.25, -0.2) is 4.98 Å². The summed E-state index contributed by atoms with van der Waals surface area (Å²) in [7, 11) is 0. The first-order chi connectivity index (χ1) is 8.19. The summed E-state index contributed by atoms with van der Waals surface area (Å²) < 4.78 is 0. The molecule has 2 rings (SSSR count). The molecule has 1 aromatic rings. The number of halogens is 1. The van der Waals surface area contributed by atoms with E-state index < -0.39 is 0 Å². The Bertz CT molecular complexity index is 367. The zero-order valence-corrected chi connectivity index (χ0v) is 10.3. The fourth-order valence-corrected chi connectivity index (χ4v) is 2.63. The van der Waals surface area contributed by atoms with Gasteiger partial charge in [-0.1, -0.05) is 18.0 Å². The summed E-state index contributed by atoms with van der Waals surface area (Å²) in [6, 6.07) is 2.01. The van der Waals surface area contributed by atoms with Crippen LogP contribution in [0.25, 0.3) is 0 Å². The van der Waals surface area contributed by atoms with Gasteiger partial charge < -0.3 is 16.2 Å². The Hall–Kier alpha value is -1.07. The van der Waals surface area contributed by atoms with Crippen molar-refractivity contribution >= 4 is 23.4 Å². The molecule has 0 amide bonds. The lowest BCUT2D eigenvalue weighted by atomic mass is 10.0. The Morgan fingerprint density at radius 1 is 1.47 bits per heavy atom. The van der Waals surface area contributed by atoms with Gasteiger partial charge in [-0.05, 0) is 25.2 Å². The molecule has 0 radical (unpaired) electrons. The van der Waals surface area contributed by atoms with E-state index in [1.54, 1.807) is 6.07 Å². The Labute approximate surface area is 105 Å². The number of nitrogen functional groups attached to an aromatic ring is 1. The average Bonchev–Trinajstić information content (AvgIpc) is 2.65. The molecule has 1 heterocycles. The van der Waals surface area contributed by atoms with Crippen LogP contribution in [0.15, 0.2) is 6.07 Å². The van der Waals surface area contributed by atoms with Gasteiger partial charge in [0, 0.05) is 18.7 Å². The lowest BCUT2D eigenvalue weighted by Crippen LogP contribution is -2.25. The second kappa shape index (κ2) is 5.51. The van der Waals surface area contributed by atoms with E-state index in [2.05, 4.69) is 15.3 Å². The van der Waals surface area contributed by atoms with Crippen molar-refractivity contribution in [2.75, 3.05) is 17.7 Å². The van der Waals surface area contributed by atoms with Gasteiger partial charge in [-0.3, -0.25) is 0 Å². The topological polar surface area (TPSA) is 84.1 Å². The van der Waals surface area contributed by atoms with E-state index in [1.165, 1.54) is 6.42 Å². The third-order valence-corrected chi connectivity index (χ3v) is 3.40. The molecular formula is C11H17ClN4O. The number of nitrogens with one attached hydrogen (secondary N) is 1. The lowest BCUT2D eigenvalue weighted by Gasteiger charge is -2.20. The van der Waals surface area contributed by atoms with Crippen LogP contribution in [-0.2, 0) is 0 Å². The second-order valence-corrected chi connectivity index (χ2v) is 4.78. The Morgan fingerprint density at radius 2 is 2.29 bits per heavy atom. The monoisotopic (exact) mass is 256 g/mol. The third-order valence-electron chi connectivity index (χ3n) is 3.20. The number of nitrogens with two attached hydrogens (primary N) is 1. The number of aromatic nitrogens is 2. The summed E-state index contributed by atoms with van der Waals surface area (Å²) in [5.41, 5.74) is 5.54. The van der Waals surface area contributed by atoms with Crippen LogP contribution in [0, 0.1) is 5.92 Å². The molecule has 0 saturated heterocycles. The SMILES string of the molecule is Nc1nc(Cl)cc(NC2CCCC2CCO)n1. The van der Waals surface area contributed by atoms with Gasteiger partial charge in [0.25, 0.3) is 0 Å². The molecule has 1 saturated carbocycles. The van der Waals surface area contributed by atoms with Gasteiger partial charge in [0.15, 0.2) is 0 Å². The number of aliphatic hydroxyl groups excluding tert-OH is 1. The number of nitrogens with zero attached hydrogens (tertiary/aromatic N) is 2. The summed E-state index contributed by atoms with van der Waals surface area (Å²) in [4.78, 5) is 7.92. The molecule has 2 atom stereocenters. The maximum atomic E-state index is 9.00. The van der Waals surface area contributed by atoms with Crippen LogP contribution in [0.2, 0.25) is 5.15 Å². The van der Waals surface area contributed by atoms with Crippen LogP contribution < -0.4 is 11.1 Å². The molecule has 2 unspecified atom stereocenters. The maximum Gasteiger partial charge on any atom is 0.223 e. The first-order valence-electron chi connectivity index (χ1n) is 5.86. The van der Waals surface area contributed by atoms with Crippen molar-refractivity contribution in [2.24, 2.45) is 5.92 Å². The van der Waals surface area contributed by atoms with Crippen molar-refractivity contribution in [1.82, 2.24) is 9.97 Å². The van der Waals surface area contributed by atoms with Crippen molar-refractivity contribution in [2.45, 2.75) is 31.7 Å². The van der Waals surface area contributed by atoms with Crippen molar-refractivity contribution in [3.05, 3.63) is 11.2 Å². The molecule has 0 bridgehead atoms. The van der Waals surface area contributed by atoms with Crippen molar-refractivity contribution in [3.8, 4) is 0 Å². The Morgan fingerprint density at radius 3 is 3.00 bits per heavy atom. The predicted octanol–water partition coefficient (Wildman–Crippen LogP) is 1.68. The molecule has 17 heavy (non-hydrogen) atoms. The van der Waals surface area contributed by atoms with E-state index in [9.17, 15) is 0 Å². The van der Waals surface area contributed by atoms with Crippen molar-refractivity contribution < 1.29 is 5.11 Å². The summed E-state index contributed by atoms with van der Waals surface area (Å²) in [6.07, 6.45) is 4.24. The zero-order chi connectivity index (χ0) is 12.3. The molecule has 0 spiro atoms. The third kappa shape index (κ3) is 3.20. The van der Waals surface area contributed by atoms with Gasteiger partial charge in [0.05, 0.1) is 0 Å². The number of hydrogen-bond acceptors (Lipinski definition) is 5. The van der Waals surface area contributed by atoms with Gasteiger partial charge in [0.1, 0.15) is 11.0 Å². The first kappa shape index (κ1) is 12.4. The molecule has 6 heteroatoms. The van der Waals surface area contributed by atoms with Gasteiger partial charge in [-0.2, -0.15) is 4.98 Å². The van der Waals surface area contributed by atoms with E-state index >= 15 is 0 Å². The van der Waals surface area contributed by atoms with Crippen molar-refractivity contribution in [3.63, 3.8) is 0 Å². The molecule has 94 valence electrons. The molecule has 0 aliphatic heterocycles. The smallest absolute Gasteiger partial charge is 0.223 e. The Balaban J connectivity index is 2.04. The molecule has 1 aromatic heterocycles. The maximum absolute atomic E-state index is 9.00. The van der Waals surface area contributed by atoms with Crippen LogP contribution >= 0.6 is 11.6 Å². The number of hydrogen-bond donors (Lipinski definition) is 3. The highest BCUT2D eigenvalue weighted by Crippen LogP contribution is 2.30. The van der Waals surface area contributed by atoms with Gasteiger partial charge in [0.2, 0.25) is 5.95 Å². The second-order valence-electron chi connectivity index (χ2n) is 4.39. The molecule has 1 aliphatic rings. The minimum Gasteiger partial charge on any atom is -0.396 e. The minimum absolute atomic E-state index is 0.178. The normalized spacial score (nSPS) is 23.9. The summed E-state index contributed by atoms with van der Waals surface area (Å²) in [5.74, 6) is 1.34. The first-order valence-corrected chi connectivity index (χ1v) is 6.24. The van der Waals surface area contributed by atoms with E-state index in [0.29, 0.717) is 22.9 Å². The number of anilines is 2. The fraction of sp³-hybridized carbons (Fsp3) is 0.636. The van der Waals surface area contributed by atoms with E-state index in [4.69, 9.17) is 22.4 Å². The lowest BCUT2D eigenvalue weighted by molar-refractivity contribution is 0.254. The van der Waals surface area contributed by atoms with Gasteiger partial charge in [-0.15, -0.1) is 0 Å².